The topological polar surface area (TPSA) is 33.1 Å². The van der Waals surface area contributed by atoms with Crippen LogP contribution in [0.15, 0.2) is 73.1 Å². The molecule has 0 spiro atoms. The van der Waals surface area contributed by atoms with E-state index in [0.29, 0.717) is 5.75 Å². The summed E-state index contributed by atoms with van der Waals surface area (Å²) in [5, 5.41) is 14.0. The molecule has 0 aliphatic rings. The molecule has 3 aromatic carbocycles. The molecule has 0 aliphatic carbocycles. The smallest absolute Gasteiger partial charge is 0.116 e. The molecular formula is C19H13NO. The highest BCUT2D eigenvalue weighted by atomic mass is 16.3. The third-order valence-electron chi connectivity index (χ3n) is 3.80. The average molecular weight is 271 g/mol. The number of aromatic nitrogens is 1. The maximum Gasteiger partial charge on any atom is 0.116 e. The van der Waals surface area contributed by atoms with Crippen molar-refractivity contribution < 1.29 is 5.11 Å². The Kier molecular flexibility index (Phi) is 2.61. The van der Waals surface area contributed by atoms with Crippen molar-refractivity contribution in [2.75, 3.05) is 0 Å². The van der Waals surface area contributed by atoms with Crippen molar-refractivity contribution in [2.45, 2.75) is 0 Å². The number of benzene rings is 3. The Morgan fingerprint density at radius 3 is 2.48 bits per heavy atom. The van der Waals surface area contributed by atoms with E-state index in [0.717, 1.165) is 27.3 Å². The Bertz CT molecular complexity index is 954. The minimum atomic E-state index is 0.294. The molecule has 0 radical (unpaired) electrons. The summed E-state index contributed by atoms with van der Waals surface area (Å²) in [7, 11) is 0. The molecule has 0 fully saturated rings. The summed E-state index contributed by atoms with van der Waals surface area (Å²) < 4.78 is 0. The number of phenolic OH excluding ortho intramolecular Hbond substituents is 1. The van der Waals surface area contributed by atoms with Crippen molar-refractivity contribution in [3.63, 3.8) is 0 Å². The van der Waals surface area contributed by atoms with E-state index < -0.39 is 0 Å². The monoisotopic (exact) mass is 271 g/mol. The molecule has 21 heavy (non-hydrogen) atoms. The third-order valence-corrected chi connectivity index (χ3v) is 3.80. The Morgan fingerprint density at radius 2 is 1.52 bits per heavy atom. The molecule has 2 nitrogen and oxygen atoms in total. The predicted octanol–water partition coefficient (Wildman–Crippen LogP) is 4.76. The van der Waals surface area contributed by atoms with Crippen molar-refractivity contribution in [2.24, 2.45) is 0 Å². The lowest BCUT2D eigenvalue weighted by Crippen LogP contribution is -1.84. The van der Waals surface area contributed by atoms with Gasteiger partial charge in [0.1, 0.15) is 5.75 Å². The fourth-order valence-corrected chi connectivity index (χ4v) is 2.75. The lowest BCUT2D eigenvalue weighted by Gasteiger charge is -2.08. The molecule has 0 bridgehead atoms. The van der Waals surface area contributed by atoms with Gasteiger partial charge in [0.25, 0.3) is 0 Å². The molecule has 1 heterocycles. The van der Waals surface area contributed by atoms with E-state index in [4.69, 9.17) is 0 Å². The van der Waals surface area contributed by atoms with E-state index >= 15 is 0 Å². The van der Waals surface area contributed by atoms with Crippen LogP contribution in [-0.2, 0) is 0 Å². The third kappa shape index (κ3) is 2.01. The van der Waals surface area contributed by atoms with Crippen LogP contribution in [-0.4, -0.2) is 10.1 Å². The molecule has 4 aromatic rings. The number of aromatic hydroxyl groups is 1. The van der Waals surface area contributed by atoms with Crippen LogP contribution in [0.5, 0.6) is 5.75 Å². The van der Waals surface area contributed by atoms with Crippen molar-refractivity contribution in [1.29, 1.82) is 0 Å². The first-order chi connectivity index (χ1) is 10.3. The van der Waals surface area contributed by atoms with E-state index in [1.54, 1.807) is 12.1 Å². The van der Waals surface area contributed by atoms with Crippen LogP contribution in [0, 0.1) is 0 Å². The fourth-order valence-electron chi connectivity index (χ4n) is 2.75. The van der Waals surface area contributed by atoms with Crippen molar-refractivity contribution in [3.05, 3.63) is 73.1 Å². The summed E-state index contributed by atoms with van der Waals surface area (Å²) in [5.74, 6) is 0.294. The van der Waals surface area contributed by atoms with Crippen LogP contribution in [0.25, 0.3) is 32.7 Å². The Hall–Kier alpha value is -2.87. The summed E-state index contributed by atoms with van der Waals surface area (Å²) in [5.41, 5.74) is 2.26. The Morgan fingerprint density at radius 1 is 0.714 bits per heavy atom. The van der Waals surface area contributed by atoms with Gasteiger partial charge in [0.2, 0.25) is 0 Å². The number of hydrogen-bond donors (Lipinski definition) is 1. The zero-order valence-electron chi connectivity index (χ0n) is 11.3. The van der Waals surface area contributed by atoms with Gasteiger partial charge in [0.05, 0.1) is 0 Å². The average Bonchev–Trinajstić information content (AvgIpc) is 2.54. The quantitative estimate of drug-likeness (QED) is 0.541. The van der Waals surface area contributed by atoms with Gasteiger partial charge in [-0.15, -0.1) is 0 Å². The van der Waals surface area contributed by atoms with Crippen LogP contribution in [0.2, 0.25) is 0 Å². The van der Waals surface area contributed by atoms with E-state index in [2.05, 4.69) is 29.2 Å². The lowest BCUT2D eigenvalue weighted by molar-refractivity contribution is 0.476. The minimum absolute atomic E-state index is 0.294. The summed E-state index contributed by atoms with van der Waals surface area (Å²) in [6, 6.07) is 19.9. The van der Waals surface area contributed by atoms with E-state index in [1.807, 2.05) is 36.7 Å². The highest BCUT2D eigenvalue weighted by Crippen LogP contribution is 2.30. The van der Waals surface area contributed by atoms with Gasteiger partial charge < -0.3 is 5.11 Å². The van der Waals surface area contributed by atoms with Crippen LogP contribution in [0.4, 0.5) is 0 Å². The predicted molar refractivity (Wildman–Crippen MR) is 86.3 cm³/mol. The molecule has 4 rings (SSSR count). The SMILES string of the molecule is Oc1ccc2cc(-c3cncc4ccccc34)ccc2c1. The highest BCUT2D eigenvalue weighted by Gasteiger charge is 2.05. The van der Waals surface area contributed by atoms with Gasteiger partial charge in [-0.05, 0) is 39.9 Å². The molecule has 0 atom stereocenters. The molecular weight excluding hydrogens is 258 g/mol. The maximum absolute atomic E-state index is 9.55. The number of nitrogens with zero attached hydrogens (tertiary/aromatic N) is 1. The van der Waals surface area contributed by atoms with E-state index in [-0.39, 0.29) is 0 Å². The first-order valence-corrected chi connectivity index (χ1v) is 6.87. The second-order valence-corrected chi connectivity index (χ2v) is 5.15. The normalized spacial score (nSPS) is 11.0. The van der Waals surface area contributed by atoms with Gasteiger partial charge >= 0.3 is 0 Å². The molecule has 100 valence electrons. The molecule has 0 aliphatic heterocycles. The van der Waals surface area contributed by atoms with Crippen molar-refractivity contribution >= 4 is 21.5 Å². The lowest BCUT2D eigenvalue weighted by atomic mass is 9.98. The summed E-state index contributed by atoms with van der Waals surface area (Å²) in [6.45, 7) is 0. The minimum Gasteiger partial charge on any atom is -0.508 e. The summed E-state index contributed by atoms with van der Waals surface area (Å²) in [4.78, 5) is 4.34. The van der Waals surface area contributed by atoms with Crippen molar-refractivity contribution in [3.8, 4) is 16.9 Å². The zero-order valence-corrected chi connectivity index (χ0v) is 11.3. The molecule has 0 amide bonds. The van der Waals surface area contributed by atoms with Crippen LogP contribution in [0.3, 0.4) is 0 Å². The molecule has 0 unspecified atom stereocenters. The second-order valence-electron chi connectivity index (χ2n) is 5.15. The number of rotatable bonds is 1. The zero-order chi connectivity index (χ0) is 14.2. The number of pyridine rings is 1. The van der Waals surface area contributed by atoms with E-state index in [1.165, 1.54) is 5.39 Å². The van der Waals surface area contributed by atoms with Crippen LogP contribution >= 0.6 is 0 Å². The molecule has 1 aromatic heterocycles. The molecule has 0 saturated heterocycles. The first-order valence-electron chi connectivity index (χ1n) is 6.87. The number of fused-ring (bicyclic) bond motifs is 2. The van der Waals surface area contributed by atoms with Gasteiger partial charge in [0.15, 0.2) is 0 Å². The van der Waals surface area contributed by atoms with Gasteiger partial charge in [-0.1, -0.05) is 42.5 Å². The van der Waals surface area contributed by atoms with Crippen molar-refractivity contribution in [1.82, 2.24) is 4.98 Å². The highest BCUT2D eigenvalue weighted by molar-refractivity contribution is 5.98. The van der Waals surface area contributed by atoms with Gasteiger partial charge in [-0.3, -0.25) is 4.98 Å². The van der Waals surface area contributed by atoms with Gasteiger partial charge in [0, 0.05) is 23.3 Å². The maximum atomic E-state index is 9.55. The summed E-state index contributed by atoms with van der Waals surface area (Å²) in [6.07, 6.45) is 3.79. The Labute approximate surface area is 122 Å². The van der Waals surface area contributed by atoms with Crippen LogP contribution in [0.1, 0.15) is 0 Å². The second kappa shape index (κ2) is 4.60. The molecule has 2 heteroatoms. The summed E-state index contributed by atoms with van der Waals surface area (Å²) >= 11 is 0. The Balaban J connectivity index is 1.98. The van der Waals surface area contributed by atoms with Gasteiger partial charge in [-0.25, -0.2) is 0 Å². The molecule has 1 N–H and O–H groups in total. The van der Waals surface area contributed by atoms with Gasteiger partial charge in [-0.2, -0.15) is 0 Å². The first kappa shape index (κ1) is 11.9. The van der Waals surface area contributed by atoms with Crippen LogP contribution < -0.4 is 0 Å². The molecule has 0 saturated carbocycles. The van der Waals surface area contributed by atoms with E-state index in [9.17, 15) is 5.11 Å². The fraction of sp³-hybridized carbons (Fsp3) is 0. The largest absolute Gasteiger partial charge is 0.508 e. The standard InChI is InChI=1S/C19H13NO/c21-17-8-7-13-9-15(6-5-14(13)10-17)19-12-20-11-16-3-1-2-4-18(16)19/h1-12,21H. The number of phenols is 1. The number of hydrogen-bond acceptors (Lipinski definition) is 2.